The van der Waals surface area contributed by atoms with E-state index in [-0.39, 0.29) is 0 Å². The Morgan fingerprint density at radius 3 is 3.14 bits per heavy atom. The lowest BCUT2D eigenvalue weighted by Crippen LogP contribution is -2.06. The van der Waals surface area contributed by atoms with Gasteiger partial charge in [-0.1, -0.05) is 6.08 Å². The van der Waals surface area contributed by atoms with Crippen molar-refractivity contribution in [2.45, 2.75) is 6.42 Å². The standard InChI is InChI=1S/C10H12N2O2/c1-13-9-2-5-11-10(12-9)8-3-6-14-7-4-8/h2-3,5H,4,6-7H2,1H3. The molecule has 1 aromatic rings. The Balaban J connectivity index is 2.26. The van der Waals surface area contributed by atoms with Crippen molar-refractivity contribution in [2.24, 2.45) is 0 Å². The second-order valence-corrected chi connectivity index (χ2v) is 2.98. The number of ether oxygens (including phenoxy) is 2. The third-order valence-corrected chi connectivity index (χ3v) is 2.09. The van der Waals surface area contributed by atoms with Gasteiger partial charge in [0.1, 0.15) is 0 Å². The summed E-state index contributed by atoms with van der Waals surface area (Å²) < 4.78 is 10.3. The van der Waals surface area contributed by atoms with Gasteiger partial charge in [0, 0.05) is 12.3 Å². The molecule has 0 amide bonds. The van der Waals surface area contributed by atoms with E-state index in [1.54, 1.807) is 19.4 Å². The molecule has 1 aromatic heterocycles. The molecule has 0 unspecified atom stereocenters. The molecule has 0 radical (unpaired) electrons. The van der Waals surface area contributed by atoms with Crippen LogP contribution < -0.4 is 4.74 Å². The molecule has 0 atom stereocenters. The molecule has 0 fully saturated rings. The molecule has 4 heteroatoms. The Labute approximate surface area is 82.6 Å². The van der Waals surface area contributed by atoms with Crippen molar-refractivity contribution in [2.75, 3.05) is 20.3 Å². The van der Waals surface area contributed by atoms with Crippen molar-refractivity contribution in [3.8, 4) is 5.88 Å². The van der Waals surface area contributed by atoms with E-state index >= 15 is 0 Å². The molecule has 0 saturated carbocycles. The summed E-state index contributed by atoms with van der Waals surface area (Å²) in [6.07, 6.45) is 4.59. The Morgan fingerprint density at radius 1 is 1.50 bits per heavy atom. The lowest BCUT2D eigenvalue weighted by atomic mass is 10.1. The maximum atomic E-state index is 5.21. The van der Waals surface area contributed by atoms with Gasteiger partial charge >= 0.3 is 0 Å². The SMILES string of the molecule is COc1ccnc(C2=CCOCC2)n1. The highest BCUT2D eigenvalue weighted by Gasteiger charge is 2.09. The van der Waals surface area contributed by atoms with Crippen LogP contribution in [0, 0.1) is 0 Å². The molecule has 0 saturated heterocycles. The lowest BCUT2D eigenvalue weighted by Gasteiger charge is -2.12. The van der Waals surface area contributed by atoms with Crippen LogP contribution in [0.4, 0.5) is 0 Å². The van der Waals surface area contributed by atoms with Crippen LogP contribution >= 0.6 is 0 Å². The largest absolute Gasteiger partial charge is 0.481 e. The maximum Gasteiger partial charge on any atom is 0.216 e. The summed E-state index contributed by atoms with van der Waals surface area (Å²) in [5.74, 6) is 1.34. The van der Waals surface area contributed by atoms with Crippen LogP contribution in [0.1, 0.15) is 12.2 Å². The van der Waals surface area contributed by atoms with Crippen molar-refractivity contribution in [1.29, 1.82) is 0 Å². The van der Waals surface area contributed by atoms with E-state index in [1.165, 1.54) is 0 Å². The molecule has 74 valence electrons. The van der Waals surface area contributed by atoms with Crippen LogP contribution in [0.15, 0.2) is 18.3 Å². The minimum absolute atomic E-state index is 0.599. The van der Waals surface area contributed by atoms with Gasteiger partial charge in [-0.3, -0.25) is 0 Å². The van der Waals surface area contributed by atoms with Crippen molar-refractivity contribution < 1.29 is 9.47 Å². The monoisotopic (exact) mass is 192 g/mol. The normalized spacial score (nSPS) is 16.2. The summed E-state index contributed by atoms with van der Waals surface area (Å²) in [7, 11) is 1.60. The van der Waals surface area contributed by atoms with Crippen LogP contribution in [-0.2, 0) is 4.74 Å². The quantitative estimate of drug-likeness (QED) is 0.708. The molecule has 0 aliphatic carbocycles. The molecule has 0 N–H and O–H groups in total. The van der Waals surface area contributed by atoms with Gasteiger partial charge in [-0.05, 0) is 12.0 Å². The van der Waals surface area contributed by atoms with Gasteiger partial charge in [0.15, 0.2) is 5.82 Å². The highest BCUT2D eigenvalue weighted by Crippen LogP contribution is 2.18. The number of methoxy groups -OCH3 is 1. The number of nitrogens with zero attached hydrogens (tertiary/aromatic N) is 2. The molecule has 14 heavy (non-hydrogen) atoms. The van der Waals surface area contributed by atoms with E-state index in [0.717, 1.165) is 24.4 Å². The van der Waals surface area contributed by atoms with Gasteiger partial charge in [-0.25, -0.2) is 4.98 Å². The van der Waals surface area contributed by atoms with Gasteiger partial charge in [-0.2, -0.15) is 4.98 Å². The number of rotatable bonds is 2. The fourth-order valence-electron chi connectivity index (χ4n) is 1.34. The van der Waals surface area contributed by atoms with E-state index in [9.17, 15) is 0 Å². The second-order valence-electron chi connectivity index (χ2n) is 2.98. The lowest BCUT2D eigenvalue weighted by molar-refractivity contribution is 0.161. The zero-order valence-corrected chi connectivity index (χ0v) is 8.06. The van der Waals surface area contributed by atoms with Crippen LogP contribution in [-0.4, -0.2) is 30.3 Å². The van der Waals surface area contributed by atoms with Crippen molar-refractivity contribution in [3.05, 3.63) is 24.2 Å². The van der Waals surface area contributed by atoms with Gasteiger partial charge in [0.25, 0.3) is 0 Å². The first-order valence-electron chi connectivity index (χ1n) is 4.54. The first kappa shape index (κ1) is 9.15. The van der Waals surface area contributed by atoms with E-state index in [4.69, 9.17) is 9.47 Å². The first-order valence-corrected chi connectivity index (χ1v) is 4.54. The summed E-state index contributed by atoms with van der Waals surface area (Å²) >= 11 is 0. The maximum absolute atomic E-state index is 5.21. The summed E-state index contributed by atoms with van der Waals surface area (Å²) in [5.41, 5.74) is 1.13. The van der Waals surface area contributed by atoms with Gasteiger partial charge in [-0.15, -0.1) is 0 Å². The smallest absolute Gasteiger partial charge is 0.216 e. The summed E-state index contributed by atoms with van der Waals surface area (Å²) in [6, 6.07) is 1.74. The molecule has 4 nitrogen and oxygen atoms in total. The molecule has 2 heterocycles. The van der Waals surface area contributed by atoms with Crippen LogP contribution in [0.5, 0.6) is 5.88 Å². The van der Waals surface area contributed by atoms with Crippen LogP contribution in [0.3, 0.4) is 0 Å². The van der Waals surface area contributed by atoms with Crippen molar-refractivity contribution in [3.63, 3.8) is 0 Å². The van der Waals surface area contributed by atoms with E-state index in [2.05, 4.69) is 9.97 Å². The predicted molar refractivity (Wildman–Crippen MR) is 52.0 cm³/mol. The van der Waals surface area contributed by atoms with Crippen molar-refractivity contribution >= 4 is 5.57 Å². The molecule has 0 bridgehead atoms. The topological polar surface area (TPSA) is 44.2 Å². The fourth-order valence-corrected chi connectivity index (χ4v) is 1.34. The van der Waals surface area contributed by atoms with E-state index in [1.807, 2.05) is 6.08 Å². The number of hydrogen-bond acceptors (Lipinski definition) is 4. The number of aromatic nitrogens is 2. The molecule has 1 aliphatic heterocycles. The summed E-state index contributed by atoms with van der Waals surface area (Å²) in [4.78, 5) is 8.45. The zero-order valence-electron chi connectivity index (χ0n) is 8.06. The van der Waals surface area contributed by atoms with Gasteiger partial charge < -0.3 is 9.47 Å². The van der Waals surface area contributed by atoms with Crippen LogP contribution in [0.25, 0.3) is 5.57 Å². The molecule has 0 aromatic carbocycles. The first-order chi connectivity index (χ1) is 6.90. The Morgan fingerprint density at radius 2 is 2.43 bits per heavy atom. The van der Waals surface area contributed by atoms with Crippen LogP contribution in [0.2, 0.25) is 0 Å². The van der Waals surface area contributed by atoms with Gasteiger partial charge in [0.05, 0.1) is 20.3 Å². The molecule has 0 spiro atoms. The third kappa shape index (κ3) is 1.90. The third-order valence-electron chi connectivity index (χ3n) is 2.09. The molecular weight excluding hydrogens is 180 g/mol. The average molecular weight is 192 g/mol. The Hall–Kier alpha value is -1.42. The Kier molecular flexibility index (Phi) is 2.74. The molecular formula is C10H12N2O2. The predicted octanol–water partition coefficient (Wildman–Crippen LogP) is 1.29. The minimum Gasteiger partial charge on any atom is -0.481 e. The minimum atomic E-state index is 0.599. The second kappa shape index (κ2) is 4.19. The summed E-state index contributed by atoms with van der Waals surface area (Å²) in [6.45, 7) is 1.39. The van der Waals surface area contributed by atoms with Crippen molar-refractivity contribution in [1.82, 2.24) is 9.97 Å². The molecule has 2 rings (SSSR count). The van der Waals surface area contributed by atoms with Gasteiger partial charge in [0.2, 0.25) is 5.88 Å². The van der Waals surface area contributed by atoms with E-state index < -0.39 is 0 Å². The average Bonchev–Trinajstić information content (AvgIpc) is 2.30. The zero-order chi connectivity index (χ0) is 9.80. The summed E-state index contributed by atoms with van der Waals surface area (Å²) in [5, 5.41) is 0. The molecule has 1 aliphatic rings. The fraction of sp³-hybridized carbons (Fsp3) is 0.400. The highest BCUT2D eigenvalue weighted by atomic mass is 16.5. The number of hydrogen-bond donors (Lipinski definition) is 0. The Bertz CT molecular complexity index is 350. The highest BCUT2D eigenvalue weighted by molar-refractivity contribution is 5.60. The van der Waals surface area contributed by atoms with E-state index in [0.29, 0.717) is 12.5 Å².